The highest BCUT2D eigenvalue weighted by molar-refractivity contribution is 5.97. The molecule has 1 aromatic carbocycles. The molecule has 1 saturated heterocycles. The molecule has 3 rings (SSSR count). The first-order valence-corrected chi connectivity index (χ1v) is 11.9. The predicted octanol–water partition coefficient (Wildman–Crippen LogP) is 5.11. The lowest BCUT2D eigenvalue weighted by Crippen LogP contribution is -2.48. The summed E-state index contributed by atoms with van der Waals surface area (Å²) in [4.78, 5) is 15.6. The Kier molecular flexibility index (Phi) is 8.58. The second kappa shape index (κ2) is 11.1. The maximum Gasteiger partial charge on any atom is 0.256 e. The van der Waals surface area contributed by atoms with E-state index in [-0.39, 0.29) is 5.91 Å². The van der Waals surface area contributed by atoms with Gasteiger partial charge in [-0.15, -0.1) is 0 Å². The van der Waals surface area contributed by atoms with Crippen LogP contribution < -0.4 is 10.1 Å². The van der Waals surface area contributed by atoms with Gasteiger partial charge in [0.05, 0.1) is 6.61 Å². The average molecular weight is 417 g/mol. The van der Waals surface area contributed by atoms with E-state index in [1.807, 2.05) is 31.2 Å². The Balaban J connectivity index is 1.44. The van der Waals surface area contributed by atoms with E-state index in [9.17, 15) is 4.79 Å². The maximum absolute atomic E-state index is 13.0. The van der Waals surface area contributed by atoms with Crippen LogP contribution in [0.4, 0.5) is 5.69 Å². The summed E-state index contributed by atoms with van der Waals surface area (Å²) in [6.07, 6.45) is 7.48. The van der Waals surface area contributed by atoms with Crippen molar-refractivity contribution in [3.63, 3.8) is 0 Å². The van der Waals surface area contributed by atoms with Crippen LogP contribution in [0.3, 0.4) is 0 Å². The normalized spacial score (nSPS) is 25.8. The zero-order valence-electron chi connectivity index (χ0n) is 19.1. The number of nitrogens with zero attached hydrogens (tertiary/aromatic N) is 1. The Bertz CT molecular complexity index is 651. The van der Waals surface area contributed by atoms with Crippen molar-refractivity contribution in [1.29, 1.82) is 0 Å². The molecule has 5 nitrogen and oxygen atoms in total. The van der Waals surface area contributed by atoms with Crippen molar-refractivity contribution in [2.75, 3.05) is 38.2 Å². The van der Waals surface area contributed by atoms with Gasteiger partial charge in [-0.2, -0.15) is 0 Å². The Hall–Kier alpha value is -1.59. The molecule has 30 heavy (non-hydrogen) atoms. The van der Waals surface area contributed by atoms with Gasteiger partial charge in [-0.1, -0.05) is 20.3 Å². The molecule has 1 saturated carbocycles. The topological polar surface area (TPSA) is 50.8 Å². The lowest BCUT2D eigenvalue weighted by Gasteiger charge is -2.38. The minimum absolute atomic E-state index is 0.0135. The standard InChI is InChI=1S/C25H40N2O3/c1-4-30-25(14-5-7-21(3)19-25)24(28)26-22-8-10-23(11-9-22)29-18-6-15-27-16-12-20(2)13-17-27/h8-11,20-21H,4-7,12-19H2,1-3H3,(H,26,28)/t21-,25+/m0/s1. The molecule has 2 fully saturated rings. The number of rotatable bonds is 9. The minimum atomic E-state index is -0.687. The lowest BCUT2D eigenvalue weighted by molar-refractivity contribution is -0.147. The fraction of sp³-hybridized carbons (Fsp3) is 0.720. The van der Waals surface area contributed by atoms with E-state index in [0.29, 0.717) is 12.5 Å². The molecule has 0 spiro atoms. The average Bonchev–Trinajstić information content (AvgIpc) is 2.74. The van der Waals surface area contributed by atoms with Crippen LogP contribution in [0.1, 0.15) is 65.7 Å². The Labute approximate surface area is 182 Å². The van der Waals surface area contributed by atoms with E-state index in [2.05, 4.69) is 24.1 Å². The van der Waals surface area contributed by atoms with Crippen LogP contribution in [0.5, 0.6) is 5.75 Å². The molecular weight excluding hydrogens is 376 g/mol. The first-order valence-electron chi connectivity index (χ1n) is 11.9. The van der Waals surface area contributed by atoms with Gasteiger partial charge < -0.3 is 19.7 Å². The van der Waals surface area contributed by atoms with Crippen molar-refractivity contribution in [2.45, 2.75) is 71.3 Å². The fourth-order valence-corrected chi connectivity index (χ4v) is 4.83. The van der Waals surface area contributed by atoms with Crippen molar-refractivity contribution in [3.05, 3.63) is 24.3 Å². The number of likely N-dealkylation sites (tertiary alicyclic amines) is 1. The molecule has 2 aliphatic rings. The molecular formula is C25H40N2O3. The number of carbonyl (C=O) groups is 1. The van der Waals surface area contributed by atoms with Gasteiger partial charge >= 0.3 is 0 Å². The third kappa shape index (κ3) is 6.45. The number of ether oxygens (including phenoxy) is 2. The van der Waals surface area contributed by atoms with Crippen molar-refractivity contribution >= 4 is 11.6 Å². The highest BCUT2D eigenvalue weighted by atomic mass is 16.5. The summed E-state index contributed by atoms with van der Waals surface area (Å²) >= 11 is 0. The van der Waals surface area contributed by atoms with Crippen LogP contribution in [-0.4, -0.2) is 49.3 Å². The van der Waals surface area contributed by atoms with Crippen molar-refractivity contribution in [3.8, 4) is 5.75 Å². The molecule has 0 aromatic heterocycles. The molecule has 0 unspecified atom stereocenters. The van der Waals surface area contributed by atoms with Crippen LogP contribution in [0.25, 0.3) is 0 Å². The van der Waals surface area contributed by atoms with E-state index < -0.39 is 5.60 Å². The smallest absolute Gasteiger partial charge is 0.256 e. The molecule has 0 radical (unpaired) electrons. The van der Waals surface area contributed by atoms with E-state index >= 15 is 0 Å². The third-order valence-electron chi connectivity index (χ3n) is 6.67. The number of piperidine rings is 1. The second-order valence-electron chi connectivity index (χ2n) is 9.33. The van der Waals surface area contributed by atoms with Gasteiger partial charge in [-0.05, 0) is 94.6 Å². The number of anilines is 1. The summed E-state index contributed by atoms with van der Waals surface area (Å²) < 4.78 is 11.9. The zero-order valence-corrected chi connectivity index (χ0v) is 19.1. The van der Waals surface area contributed by atoms with Crippen molar-refractivity contribution in [1.82, 2.24) is 4.90 Å². The highest BCUT2D eigenvalue weighted by Crippen LogP contribution is 2.36. The van der Waals surface area contributed by atoms with E-state index in [1.165, 1.54) is 32.4 Å². The van der Waals surface area contributed by atoms with E-state index in [0.717, 1.165) is 56.2 Å². The van der Waals surface area contributed by atoms with Gasteiger partial charge in [0.2, 0.25) is 0 Å². The van der Waals surface area contributed by atoms with Gasteiger partial charge in [0, 0.05) is 18.8 Å². The molecule has 1 heterocycles. The Morgan fingerprint density at radius 1 is 1.13 bits per heavy atom. The summed E-state index contributed by atoms with van der Waals surface area (Å²) in [6.45, 7) is 11.4. The van der Waals surface area contributed by atoms with Gasteiger partial charge in [0.1, 0.15) is 11.4 Å². The molecule has 0 bridgehead atoms. The number of nitrogens with one attached hydrogen (secondary N) is 1. The predicted molar refractivity (Wildman–Crippen MR) is 122 cm³/mol. The molecule has 1 aliphatic carbocycles. The van der Waals surface area contributed by atoms with Gasteiger partial charge in [0.15, 0.2) is 0 Å². The number of amides is 1. The van der Waals surface area contributed by atoms with Crippen LogP contribution in [0, 0.1) is 11.8 Å². The minimum Gasteiger partial charge on any atom is -0.494 e. The summed E-state index contributed by atoms with van der Waals surface area (Å²) in [5.41, 5.74) is 0.112. The SMILES string of the molecule is CCO[C@]1(C(=O)Nc2ccc(OCCCN3CCC(C)CC3)cc2)CCC[C@H](C)C1. The molecule has 1 amide bonds. The van der Waals surface area contributed by atoms with E-state index in [1.54, 1.807) is 0 Å². The Morgan fingerprint density at radius 2 is 1.87 bits per heavy atom. The lowest BCUT2D eigenvalue weighted by atomic mass is 9.78. The fourth-order valence-electron chi connectivity index (χ4n) is 4.83. The van der Waals surface area contributed by atoms with Crippen LogP contribution in [0.2, 0.25) is 0 Å². The van der Waals surface area contributed by atoms with Crippen LogP contribution in [-0.2, 0) is 9.53 Å². The Morgan fingerprint density at radius 3 is 2.53 bits per heavy atom. The molecule has 1 aromatic rings. The third-order valence-corrected chi connectivity index (χ3v) is 6.67. The zero-order chi connectivity index (χ0) is 21.4. The van der Waals surface area contributed by atoms with Crippen molar-refractivity contribution in [2.24, 2.45) is 11.8 Å². The van der Waals surface area contributed by atoms with Crippen LogP contribution >= 0.6 is 0 Å². The summed E-state index contributed by atoms with van der Waals surface area (Å²) in [6, 6.07) is 7.72. The molecule has 1 aliphatic heterocycles. The summed E-state index contributed by atoms with van der Waals surface area (Å²) in [7, 11) is 0. The second-order valence-corrected chi connectivity index (χ2v) is 9.33. The van der Waals surface area contributed by atoms with E-state index in [4.69, 9.17) is 9.47 Å². The summed E-state index contributed by atoms with van der Waals surface area (Å²) in [5, 5.41) is 3.07. The first kappa shape index (κ1) is 23.1. The molecule has 2 atom stereocenters. The molecule has 168 valence electrons. The highest BCUT2D eigenvalue weighted by Gasteiger charge is 2.42. The molecule has 5 heteroatoms. The number of hydrogen-bond acceptors (Lipinski definition) is 4. The monoisotopic (exact) mass is 416 g/mol. The summed E-state index contributed by atoms with van der Waals surface area (Å²) in [5.74, 6) is 2.23. The quantitative estimate of drug-likeness (QED) is 0.568. The largest absolute Gasteiger partial charge is 0.494 e. The number of hydrogen-bond donors (Lipinski definition) is 1. The molecule has 1 N–H and O–H groups in total. The van der Waals surface area contributed by atoms with Gasteiger partial charge in [0.25, 0.3) is 5.91 Å². The van der Waals surface area contributed by atoms with Gasteiger partial charge in [-0.25, -0.2) is 0 Å². The number of carbonyl (C=O) groups excluding carboxylic acids is 1. The van der Waals surface area contributed by atoms with Gasteiger partial charge in [-0.3, -0.25) is 4.79 Å². The number of benzene rings is 1. The van der Waals surface area contributed by atoms with Crippen LogP contribution in [0.15, 0.2) is 24.3 Å². The first-order chi connectivity index (χ1) is 14.5. The maximum atomic E-state index is 13.0. The van der Waals surface area contributed by atoms with Crippen molar-refractivity contribution < 1.29 is 14.3 Å².